The predicted octanol–water partition coefficient (Wildman–Crippen LogP) is 1.51. The van der Waals surface area contributed by atoms with Gasteiger partial charge in [0.2, 0.25) is 5.91 Å². The first-order valence-corrected chi connectivity index (χ1v) is 8.60. The zero-order valence-electron chi connectivity index (χ0n) is 14.9. The summed E-state index contributed by atoms with van der Waals surface area (Å²) in [5, 5.41) is 0.842. The molecule has 0 saturated carbocycles. The molecule has 26 heavy (non-hydrogen) atoms. The van der Waals surface area contributed by atoms with Gasteiger partial charge < -0.3 is 19.8 Å². The van der Waals surface area contributed by atoms with Gasteiger partial charge in [-0.05, 0) is 44.4 Å². The fraction of sp³-hybridized carbons (Fsp3) is 0.421. The molecule has 0 radical (unpaired) electrons. The summed E-state index contributed by atoms with van der Waals surface area (Å²) < 4.78 is 11.0. The SMILES string of the molecule is Cc1cc(=O)oc2c(C)c(OCC(=O)N3CCC(C(N)=O)CC3)ccc12. The Balaban J connectivity index is 1.68. The molecule has 138 valence electrons. The Bertz CT molecular complexity index is 910. The van der Waals surface area contributed by atoms with Crippen LogP contribution >= 0.6 is 0 Å². The van der Waals surface area contributed by atoms with E-state index in [9.17, 15) is 14.4 Å². The third-order valence-electron chi connectivity index (χ3n) is 4.92. The summed E-state index contributed by atoms with van der Waals surface area (Å²) in [5.41, 5.74) is 6.89. The van der Waals surface area contributed by atoms with E-state index in [-0.39, 0.29) is 24.3 Å². The van der Waals surface area contributed by atoms with Crippen molar-refractivity contribution in [3.05, 3.63) is 39.7 Å². The van der Waals surface area contributed by atoms with Crippen LogP contribution in [0.15, 0.2) is 27.4 Å². The average Bonchev–Trinajstić information content (AvgIpc) is 2.61. The Morgan fingerprint density at radius 3 is 2.62 bits per heavy atom. The molecule has 2 N–H and O–H groups in total. The van der Waals surface area contributed by atoms with Crippen LogP contribution in [0.3, 0.4) is 0 Å². The van der Waals surface area contributed by atoms with Crippen LogP contribution in [-0.4, -0.2) is 36.4 Å². The largest absolute Gasteiger partial charge is 0.483 e. The molecule has 3 rings (SSSR count). The first kappa shape index (κ1) is 18.0. The third-order valence-corrected chi connectivity index (χ3v) is 4.92. The number of primary amides is 1. The van der Waals surface area contributed by atoms with E-state index in [2.05, 4.69) is 0 Å². The normalized spacial score (nSPS) is 15.2. The van der Waals surface area contributed by atoms with Crippen LogP contribution in [0, 0.1) is 19.8 Å². The van der Waals surface area contributed by atoms with Gasteiger partial charge in [-0.1, -0.05) is 0 Å². The third kappa shape index (κ3) is 3.56. The highest BCUT2D eigenvalue weighted by molar-refractivity contribution is 5.85. The van der Waals surface area contributed by atoms with Gasteiger partial charge in [-0.2, -0.15) is 0 Å². The maximum atomic E-state index is 12.3. The topological polar surface area (TPSA) is 103 Å². The Hall–Kier alpha value is -2.83. The molecule has 7 heteroatoms. The standard InChI is InChI=1S/C19H22N2O5/c1-11-9-17(23)26-18-12(2)15(4-3-14(11)18)25-10-16(22)21-7-5-13(6-8-21)19(20)24/h3-4,9,13H,5-8,10H2,1-2H3,(H2,20,24). The fourth-order valence-electron chi connectivity index (χ4n) is 3.30. The predicted molar refractivity (Wildman–Crippen MR) is 96.0 cm³/mol. The number of fused-ring (bicyclic) bond motifs is 1. The smallest absolute Gasteiger partial charge is 0.336 e. The zero-order valence-corrected chi connectivity index (χ0v) is 14.9. The van der Waals surface area contributed by atoms with Gasteiger partial charge in [0.15, 0.2) is 6.61 Å². The van der Waals surface area contributed by atoms with E-state index >= 15 is 0 Å². The highest BCUT2D eigenvalue weighted by atomic mass is 16.5. The number of carbonyl (C=O) groups is 2. The van der Waals surface area contributed by atoms with Crippen molar-refractivity contribution in [2.24, 2.45) is 11.7 Å². The summed E-state index contributed by atoms with van der Waals surface area (Å²) in [4.78, 5) is 36.8. The number of rotatable bonds is 4. The number of likely N-dealkylation sites (tertiary alicyclic amines) is 1. The van der Waals surface area contributed by atoms with Crippen LogP contribution in [0.1, 0.15) is 24.0 Å². The van der Waals surface area contributed by atoms with Crippen molar-refractivity contribution in [2.45, 2.75) is 26.7 Å². The van der Waals surface area contributed by atoms with Crippen LogP contribution in [0.2, 0.25) is 0 Å². The molecular weight excluding hydrogens is 336 g/mol. The van der Waals surface area contributed by atoms with Crippen molar-refractivity contribution in [1.29, 1.82) is 0 Å². The second kappa shape index (κ2) is 7.19. The van der Waals surface area contributed by atoms with E-state index in [1.54, 1.807) is 17.9 Å². The number of piperidine rings is 1. The van der Waals surface area contributed by atoms with Crippen LogP contribution in [0.4, 0.5) is 0 Å². The lowest BCUT2D eigenvalue weighted by Gasteiger charge is -2.30. The van der Waals surface area contributed by atoms with E-state index < -0.39 is 5.63 Å². The van der Waals surface area contributed by atoms with E-state index in [0.717, 1.165) is 10.9 Å². The summed E-state index contributed by atoms with van der Waals surface area (Å²) in [5.74, 6) is -0.101. The second-order valence-corrected chi connectivity index (χ2v) is 6.66. The Morgan fingerprint density at radius 2 is 1.96 bits per heavy atom. The molecule has 2 amide bonds. The van der Waals surface area contributed by atoms with Crippen molar-refractivity contribution in [1.82, 2.24) is 4.90 Å². The molecule has 1 aliphatic rings. The van der Waals surface area contributed by atoms with Crippen LogP contribution < -0.4 is 16.1 Å². The molecule has 0 bridgehead atoms. The summed E-state index contributed by atoms with van der Waals surface area (Å²) in [6, 6.07) is 5.04. The molecule has 0 atom stereocenters. The first-order valence-electron chi connectivity index (χ1n) is 8.60. The number of hydrogen-bond donors (Lipinski definition) is 1. The minimum atomic E-state index is -0.413. The lowest BCUT2D eigenvalue weighted by atomic mass is 9.96. The Labute approximate surface area is 150 Å². The van der Waals surface area contributed by atoms with Crippen molar-refractivity contribution < 1.29 is 18.7 Å². The van der Waals surface area contributed by atoms with E-state index in [0.29, 0.717) is 42.8 Å². The minimum Gasteiger partial charge on any atom is -0.483 e. The number of benzene rings is 1. The van der Waals surface area contributed by atoms with E-state index in [1.165, 1.54) is 6.07 Å². The molecule has 0 unspecified atom stereocenters. The summed E-state index contributed by atoms with van der Waals surface area (Å²) >= 11 is 0. The number of hydrogen-bond acceptors (Lipinski definition) is 5. The number of aryl methyl sites for hydroxylation is 2. The van der Waals surface area contributed by atoms with Crippen molar-refractivity contribution in [2.75, 3.05) is 19.7 Å². The number of amides is 2. The molecule has 1 saturated heterocycles. The lowest BCUT2D eigenvalue weighted by Crippen LogP contribution is -2.43. The maximum absolute atomic E-state index is 12.3. The molecule has 0 spiro atoms. The van der Waals surface area contributed by atoms with Crippen molar-refractivity contribution in [3.63, 3.8) is 0 Å². The highest BCUT2D eigenvalue weighted by Crippen LogP contribution is 2.28. The molecule has 0 aliphatic carbocycles. The summed E-state index contributed by atoms with van der Waals surface area (Å²) in [6.07, 6.45) is 1.17. The van der Waals surface area contributed by atoms with Gasteiger partial charge >= 0.3 is 5.63 Å². The number of carbonyl (C=O) groups excluding carboxylic acids is 2. The zero-order chi connectivity index (χ0) is 18.8. The number of nitrogens with zero attached hydrogens (tertiary/aromatic N) is 1. The molecule has 1 aromatic heterocycles. The van der Waals surface area contributed by atoms with Gasteiger partial charge in [0.1, 0.15) is 11.3 Å². The highest BCUT2D eigenvalue weighted by Gasteiger charge is 2.26. The van der Waals surface area contributed by atoms with Crippen molar-refractivity contribution in [3.8, 4) is 5.75 Å². The molecule has 1 aromatic carbocycles. The Kier molecular flexibility index (Phi) is 4.97. The summed E-state index contributed by atoms with van der Waals surface area (Å²) in [7, 11) is 0. The van der Waals surface area contributed by atoms with Crippen molar-refractivity contribution >= 4 is 22.8 Å². The lowest BCUT2D eigenvalue weighted by molar-refractivity contribution is -0.136. The number of ether oxygens (including phenoxy) is 1. The quantitative estimate of drug-likeness (QED) is 0.835. The van der Waals surface area contributed by atoms with Gasteiger partial charge in [0.25, 0.3) is 5.91 Å². The van der Waals surface area contributed by atoms with E-state index in [1.807, 2.05) is 13.0 Å². The average molecular weight is 358 g/mol. The number of nitrogens with two attached hydrogens (primary N) is 1. The molecule has 2 aromatic rings. The van der Waals surface area contributed by atoms with Gasteiger partial charge in [-0.25, -0.2) is 4.79 Å². The fourth-order valence-corrected chi connectivity index (χ4v) is 3.30. The second-order valence-electron chi connectivity index (χ2n) is 6.66. The van der Waals surface area contributed by atoms with Crippen LogP contribution in [0.5, 0.6) is 5.75 Å². The molecule has 7 nitrogen and oxygen atoms in total. The van der Waals surface area contributed by atoms with Gasteiger partial charge in [0.05, 0.1) is 0 Å². The molecular formula is C19H22N2O5. The summed E-state index contributed by atoms with van der Waals surface area (Å²) in [6.45, 7) is 4.53. The monoisotopic (exact) mass is 358 g/mol. The minimum absolute atomic E-state index is 0.108. The Morgan fingerprint density at radius 1 is 1.27 bits per heavy atom. The van der Waals surface area contributed by atoms with Gasteiger partial charge in [-0.15, -0.1) is 0 Å². The van der Waals surface area contributed by atoms with Gasteiger partial charge in [-0.3, -0.25) is 9.59 Å². The first-order chi connectivity index (χ1) is 12.4. The van der Waals surface area contributed by atoms with Crippen LogP contribution in [-0.2, 0) is 9.59 Å². The maximum Gasteiger partial charge on any atom is 0.336 e. The van der Waals surface area contributed by atoms with E-state index in [4.69, 9.17) is 14.9 Å². The molecule has 2 heterocycles. The van der Waals surface area contributed by atoms with Gasteiger partial charge in [0, 0.05) is 36.0 Å². The molecule has 1 aliphatic heterocycles. The van der Waals surface area contributed by atoms with Crippen LogP contribution in [0.25, 0.3) is 11.0 Å². The molecule has 1 fully saturated rings.